The van der Waals surface area contributed by atoms with Gasteiger partial charge in [-0.25, -0.2) is 4.79 Å². The number of nitrogens with zero attached hydrogens (tertiary/aromatic N) is 2. The van der Waals surface area contributed by atoms with Crippen molar-refractivity contribution in [3.05, 3.63) is 0 Å². The summed E-state index contributed by atoms with van der Waals surface area (Å²) in [5.74, 6) is 0. The molecule has 0 radical (unpaired) electrons. The molecule has 12 heavy (non-hydrogen) atoms. The van der Waals surface area contributed by atoms with E-state index in [2.05, 4.69) is 0 Å². The Bertz CT molecular complexity index is 196. The summed E-state index contributed by atoms with van der Waals surface area (Å²) in [6, 6.07) is 0.0260. The second-order valence-electron chi connectivity index (χ2n) is 3.09. The van der Waals surface area contributed by atoms with Crippen LogP contribution >= 0.6 is 7.80 Å². The molecule has 1 rings (SSSR count). The van der Waals surface area contributed by atoms with Gasteiger partial charge in [-0.3, -0.25) is 0 Å². The zero-order chi connectivity index (χ0) is 9.14. The Kier molecular flexibility index (Phi) is 3.04. The fourth-order valence-corrected chi connectivity index (χ4v) is 2.31. The lowest BCUT2D eigenvalue weighted by atomic mass is 10.5. The van der Waals surface area contributed by atoms with E-state index in [1.807, 2.05) is 0 Å². The molecule has 0 atom stereocenters. The molecule has 0 aromatic heterocycles. The monoisotopic (exact) mass is 189 g/mol. The van der Waals surface area contributed by atoms with Crippen LogP contribution in [-0.4, -0.2) is 55.3 Å². The van der Waals surface area contributed by atoms with Crippen LogP contribution in [0.25, 0.3) is 0 Å². The molecular weight excluding hydrogens is 175 g/mol. The third kappa shape index (κ3) is 2.18. The van der Waals surface area contributed by atoms with Gasteiger partial charge in [-0.1, -0.05) is 4.57 Å². The van der Waals surface area contributed by atoms with Crippen LogP contribution in [0.15, 0.2) is 0 Å². The summed E-state index contributed by atoms with van der Waals surface area (Å²) >= 11 is 0. The van der Waals surface area contributed by atoms with E-state index in [1.165, 1.54) is 0 Å². The smallest absolute Gasteiger partial charge is 0.331 e. The molecule has 1 aliphatic rings. The highest BCUT2D eigenvalue weighted by molar-refractivity contribution is 7.44. The number of hydrogen-bond acceptors (Lipinski definition) is 2. The van der Waals surface area contributed by atoms with Crippen molar-refractivity contribution in [2.75, 3.05) is 39.5 Å². The predicted molar refractivity (Wildman–Crippen MR) is 48.0 cm³/mol. The first-order chi connectivity index (χ1) is 5.61. The van der Waals surface area contributed by atoms with Gasteiger partial charge in [0.05, 0.1) is 13.1 Å². The summed E-state index contributed by atoms with van der Waals surface area (Å²) in [5, 5.41) is 0. The standard InChI is InChI=1S/C7H14N2O2P/c1-8(2)7(10)9-3-5-12(11)6-4-9/h3-6H2,1-2H3/q+1. The van der Waals surface area contributed by atoms with Gasteiger partial charge in [0.2, 0.25) is 0 Å². The Morgan fingerprint density at radius 1 is 1.33 bits per heavy atom. The zero-order valence-corrected chi connectivity index (χ0v) is 8.38. The normalized spacial score (nSPS) is 17.8. The molecule has 0 saturated carbocycles. The van der Waals surface area contributed by atoms with E-state index in [-0.39, 0.29) is 6.03 Å². The molecule has 1 fully saturated rings. The van der Waals surface area contributed by atoms with E-state index >= 15 is 0 Å². The van der Waals surface area contributed by atoms with Crippen molar-refractivity contribution in [1.82, 2.24) is 9.80 Å². The van der Waals surface area contributed by atoms with Crippen molar-refractivity contribution < 1.29 is 9.36 Å². The van der Waals surface area contributed by atoms with Gasteiger partial charge in [-0.2, -0.15) is 0 Å². The SMILES string of the molecule is CN(C)C(=O)N1CC[P+](=O)CC1. The highest BCUT2D eigenvalue weighted by Crippen LogP contribution is 2.24. The molecule has 0 spiro atoms. The highest BCUT2D eigenvalue weighted by Gasteiger charge is 2.28. The van der Waals surface area contributed by atoms with Gasteiger partial charge in [0.25, 0.3) is 0 Å². The lowest BCUT2D eigenvalue weighted by molar-refractivity contribution is 0.175. The van der Waals surface area contributed by atoms with Crippen molar-refractivity contribution >= 4 is 13.8 Å². The Morgan fingerprint density at radius 2 is 1.83 bits per heavy atom. The summed E-state index contributed by atoms with van der Waals surface area (Å²) in [4.78, 5) is 14.7. The summed E-state index contributed by atoms with van der Waals surface area (Å²) in [7, 11) is 2.44. The maximum absolute atomic E-state index is 11.4. The minimum absolute atomic E-state index is 0.0260. The van der Waals surface area contributed by atoms with Crippen molar-refractivity contribution in [2.24, 2.45) is 0 Å². The maximum atomic E-state index is 11.4. The van der Waals surface area contributed by atoms with E-state index in [9.17, 15) is 9.36 Å². The summed E-state index contributed by atoms with van der Waals surface area (Å²) in [6.07, 6.45) is 1.32. The Labute approximate surface area is 73.3 Å². The van der Waals surface area contributed by atoms with Crippen LogP contribution in [-0.2, 0) is 4.57 Å². The molecule has 0 aromatic carbocycles. The van der Waals surface area contributed by atoms with Crippen LogP contribution in [0.5, 0.6) is 0 Å². The number of amides is 2. The number of carbonyl (C=O) groups is 1. The fraction of sp³-hybridized carbons (Fsp3) is 0.857. The molecule has 68 valence electrons. The second-order valence-corrected chi connectivity index (χ2v) is 4.95. The van der Waals surface area contributed by atoms with E-state index in [0.717, 1.165) is 0 Å². The van der Waals surface area contributed by atoms with E-state index in [1.54, 1.807) is 23.9 Å². The summed E-state index contributed by atoms with van der Waals surface area (Å²) in [5.41, 5.74) is 0. The Balaban J connectivity index is 2.44. The molecule has 2 amide bonds. The molecule has 0 aliphatic carbocycles. The van der Waals surface area contributed by atoms with Gasteiger partial charge in [-0.05, 0) is 0 Å². The molecule has 0 aromatic rings. The summed E-state index contributed by atoms with van der Waals surface area (Å²) < 4.78 is 11.0. The van der Waals surface area contributed by atoms with E-state index in [0.29, 0.717) is 25.4 Å². The van der Waals surface area contributed by atoms with Gasteiger partial charge in [0.15, 0.2) is 12.3 Å². The minimum Gasteiger partial charge on any atom is -0.331 e. The topological polar surface area (TPSA) is 40.6 Å². The van der Waals surface area contributed by atoms with Crippen LogP contribution in [0.1, 0.15) is 0 Å². The molecule has 0 bridgehead atoms. The third-order valence-corrected chi connectivity index (χ3v) is 3.29. The van der Waals surface area contributed by atoms with Crippen molar-refractivity contribution in [3.63, 3.8) is 0 Å². The van der Waals surface area contributed by atoms with Crippen LogP contribution in [0, 0.1) is 0 Å². The first kappa shape index (κ1) is 9.46. The lowest BCUT2D eigenvalue weighted by Gasteiger charge is -2.25. The molecule has 5 heteroatoms. The number of urea groups is 1. The highest BCUT2D eigenvalue weighted by atomic mass is 31.1. The van der Waals surface area contributed by atoms with Gasteiger partial charge in [0, 0.05) is 14.1 Å². The van der Waals surface area contributed by atoms with Gasteiger partial charge < -0.3 is 9.80 Å². The minimum atomic E-state index is -1.02. The molecule has 4 nitrogen and oxygen atoms in total. The second kappa shape index (κ2) is 3.85. The number of carbonyl (C=O) groups excluding carboxylic acids is 1. The van der Waals surface area contributed by atoms with Crippen molar-refractivity contribution in [3.8, 4) is 0 Å². The zero-order valence-electron chi connectivity index (χ0n) is 7.49. The van der Waals surface area contributed by atoms with Crippen molar-refractivity contribution in [1.29, 1.82) is 0 Å². The molecule has 0 unspecified atom stereocenters. The molecule has 1 aliphatic heterocycles. The van der Waals surface area contributed by atoms with Crippen LogP contribution in [0.2, 0.25) is 0 Å². The molecule has 0 N–H and O–H groups in total. The van der Waals surface area contributed by atoms with Crippen LogP contribution in [0.3, 0.4) is 0 Å². The van der Waals surface area contributed by atoms with Gasteiger partial charge in [-0.15, -0.1) is 0 Å². The third-order valence-electron chi connectivity index (χ3n) is 1.89. The Morgan fingerprint density at radius 3 is 2.25 bits per heavy atom. The van der Waals surface area contributed by atoms with E-state index < -0.39 is 7.80 Å². The maximum Gasteiger partial charge on any atom is 0.342 e. The number of hydrogen-bond donors (Lipinski definition) is 0. The largest absolute Gasteiger partial charge is 0.342 e. The molecular formula is C7H14N2O2P+. The van der Waals surface area contributed by atoms with Gasteiger partial charge in [0.1, 0.15) is 0 Å². The molecule has 1 saturated heterocycles. The Hall–Kier alpha value is -0.630. The first-order valence-corrected chi connectivity index (χ1v) is 5.62. The molecule has 1 heterocycles. The van der Waals surface area contributed by atoms with Crippen LogP contribution < -0.4 is 0 Å². The van der Waals surface area contributed by atoms with Crippen molar-refractivity contribution in [2.45, 2.75) is 0 Å². The first-order valence-electron chi connectivity index (χ1n) is 3.99. The lowest BCUT2D eigenvalue weighted by Crippen LogP contribution is -2.43. The number of rotatable bonds is 0. The predicted octanol–water partition coefficient (Wildman–Crippen LogP) is 0.811. The average Bonchev–Trinajstić information content (AvgIpc) is 2.04. The average molecular weight is 189 g/mol. The van der Waals surface area contributed by atoms with Crippen LogP contribution in [0.4, 0.5) is 4.79 Å². The van der Waals surface area contributed by atoms with Gasteiger partial charge >= 0.3 is 13.8 Å². The summed E-state index contributed by atoms with van der Waals surface area (Å²) in [6.45, 7) is 1.29. The quantitative estimate of drug-likeness (QED) is 0.529. The fourth-order valence-electron chi connectivity index (χ4n) is 1.16. The van der Waals surface area contributed by atoms with E-state index in [4.69, 9.17) is 0 Å².